The van der Waals surface area contributed by atoms with Crippen molar-refractivity contribution in [3.63, 3.8) is 0 Å². The second-order valence-electron chi connectivity index (χ2n) is 27.9. The average molecular weight is 911 g/mol. The molecule has 0 heterocycles. The molecular weight excluding hydrogens is 837 g/mol. The molecule has 16 aliphatic carbocycles. The lowest BCUT2D eigenvalue weighted by Crippen LogP contribution is -2.49. The van der Waals surface area contributed by atoms with Crippen LogP contribution in [0.2, 0.25) is 0 Å². The normalized spacial score (nSPS) is 43.8. The second kappa shape index (κ2) is 13.9. The highest BCUT2D eigenvalue weighted by molar-refractivity contribution is 5.89. The summed E-state index contributed by atoms with van der Waals surface area (Å²) in [5, 5.41) is 25.4. The molecule has 0 saturated heterocycles. The average Bonchev–Trinajstić information content (AvgIpc) is 3.26. The lowest BCUT2D eigenvalue weighted by Gasteiger charge is -2.58. The second-order valence-corrected chi connectivity index (χ2v) is 27.9. The van der Waals surface area contributed by atoms with Crippen LogP contribution in [-0.4, -0.2) is 10.2 Å². The van der Waals surface area contributed by atoms with Crippen LogP contribution in [0.25, 0.3) is 10.8 Å². The van der Waals surface area contributed by atoms with E-state index in [9.17, 15) is 10.2 Å². The molecule has 16 aliphatic rings. The van der Waals surface area contributed by atoms with Crippen LogP contribution < -0.4 is 20.9 Å². The first-order valence-corrected chi connectivity index (χ1v) is 28.1. The van der Waals surface area contributed by atoms with Crippen LogP contribution in [-0.2, 0) is 21.7 Å². The molecule has 0 radical (unpaired) electrons. The van der Waals surface area contributed by atoms with Gasteiger partial charge in [-0.2, -0.15) is 0 Å². The highest BCUT2D eigenvalue weighted by Gasteiger charge is 2.57. The van der Waals surface area contributed by atoms with Gasteiger partial charge in [-0.15, -0.1) is 0 Å². The molecule has 6 nitrogen and oxygen atoms in total. The van der Waals surface area contributed by atoms with E-state index in [1.54, 1.807) is 0 Å². The van der Waals surface area contributed by atoms with Gasteiger partial charge in [-0.3, -0.25) is 0 Å². The molecule has 6 N–H and O–H groups in total. The van der Waals surface area contributed by atoms with Crippen molar-refractivity contribution in [2.75, 3.05) is 11.5 Å². The summed E-state index contributed by atoms with van der Waals surface area (Å²) >= 11 is 0. The number of fused-ring (bicyclic) bond motifs is 1. The summed E-state index contributed by atoms with van der Waals surface area (Å²) in [6, 6.07) is 18.1. The number of anilines is 2. The van der Waals surface area contributed by atoms with E-state index in [0.29, 0.717) is 11.4 Å². The van der Waals surface area contributed by atoms with Gasteiger partial charge in [0.1, 0.15) is 34.5 Å². The Balaban J connectivity index is 0.885. The van der Waals surface area contributed by atoms with Gasteiger partial charge in [0.15, 0.2) is 0 Å². The minimum Gasteiger partial charge on any atom is -0.506 e. The molecule has 16 saturated carbocycles. The predicted molar refractivity (Wildman–Crippen MR) is 269 cm³/mol. The van der Waals surface area contributed by atoms with Crippen molar-refractivity contribution in [3.8, 4) is 34.5 Å². The van der Waals surface area contributed by atoms with Gasteiger partial charge in [0.2, 0.25) is 0 Å². The quantitative estimate of drug-likeness (QED) is 0.104. The van der Waals surface area contributed by atoms with Crippen LogP contribution >= 0.6 is 0 Å². The van der Waals surface area contributed by atoms with Gasteiger partial charge in [-0.05, 0) is 294 Å². The van der Waals surface area contributed by atoms with Crippen LogP contribution in [0.3, 0.4) is 0 Å². The Morgan fingerprint density at radius 2 is 0.515 bits per heavy atom. The smallest absolute Gasteiger partial charge is 0.142 e. The SMILES string of the molecule is Nc1cc(C23CC4CC(CC(C4)C2)C3)c(Oc2cc3cc(Oc4cc(O)c(N)cc4C45CC6CC(CC(C6)C4)C5)c(C45CC6CC(CC(C6)C4)C5)cc3cc2C23CC4CC(CC(C4)C2)C3)cc1O. The summed E-state index contributed by atoms with van der Waals surface area (Å²) in [6.07, 6.45) is 31.4. The fourth-order valence-corrected chi connectivity index (χ4v) is 22.5. The topological polar surface area (TPSA) is 111 Å². The summed E-state index contributed by atoms with van der Waals surface area (Å²) in [5.74, 6) is 13.3. The van der Waals surface area contributed by atoms with Crippen molar-refractivity contribution >= 4 is 22.1 Å². The molecule has 0 aromatic heterocycles. The largest absolute Gasteiger partial charge is 0.506 e. The van der Waals surface area contributed by atoms with Gasteiger partial charge in [-0.1, -0.05) is 0 Å². The number of hydrogen-bond donors (Lipinski definition) is 4. The fourth-order valence-electron chi connectivity index (χ4n) is 22.5. The molecule has 0 atom stereocenters. The zero-order valence-corrected chi connectivity index (χ0v) is 40.4. The molecule has 20 rings (SSSR count). The van der Waals surface area contributed by atoms with Crippen LogP contribution in [0.1, 0.15) is 176 Å². The van der Waals surface area contributed by atoms with E-state index in [4.69, 9.17) is 20.9 Å². The number of benzene rings is 4. The predicted octanol–water partition coefficient (Wildman–Crippen LogP) is 14.9. The molecule has 356 valence electrons. The van der Waals surface area contributed by atoms with Gasteiger partial charge in [0.05, 0.1) is 11.4 Å². The minimum absolute atomic E-state index is 0.0520. The zero-order valence-electron chi connectivity index (χ0n) is 40.4. The van der Waals surface area contributed by atoms with Gasteiger partial charge < -0.3 is 31.2 Å². The van der Waals surface area contributed by atoms with E-state index in [2.05, 4.69) is 36.4 Å². The van der Waals surface area contributed by atoms with E-state index in [1.165, 1.54) is 182 Å². The maximum absolute atomic E-state index is 11.5. The number of ether oxygens (including phenoxy) is 2. The van der Waals surface area contributed by atoms with Gasteiger partial charge >= 0.3 is 0 Å². The maximum atomic E-state index is 11.5. The van der Waals surface area contributed by atoms with Crippen LogP contribution in [0.4, 0.5) is 11.4 Å². The third kappa shape index (κ3) is 5.99. The van der Waals surface area contributed by atoms with Gasteiger partial charge in [0.25, 0.3) is 0 Å². The number of rotatable bonds is 8. The van der Waals surface area contributed by atoms with Crippen molar-refractivity contribution in [3.05, 3.63) is 70.8 Å². The zero-order chi connectivity index (χ0) is 45.1. The summed E-state index contributed by atoms with van der Waals surface area (Å²) in [5.41, 5.74) is 19.9. The Labute approximate surface area is 403 Å². The molecule has 6 heteroatoms. The van der Waals surface area contributed by atoms with Crippen molar-refractivity contribution in [2.45, 2.75) is 176 Å². The lowest BCUT2D eigenvalue weighted by molar-refractivity contribution is -0.00724. The highest BCUT2D eigenvalue weighted by atomic mass is 16.5. The monoisotopic (exact) mass is 911 g/mol. The Kier molecular flexibility index (Phi) is 8.29. The number of nitrogens with two attached hydrogens (primary N) is 2. The van der Waals surface area contributed by atoms with E-state index >= 15 is 0 Å². The molecule has 16 bridgehead atoms. The van der Waals surface area contributed by atoms with Crippen molar-refractivity contribution in [2.24, 2.45) is 71.0 Å². The summed E-state index contributed by atoms with van der Waals surface area (Å²) in [6.45, 7) is 0. The third-order valence-electron chi connectivity index (χ3n) is 23.2. The molecule has 68 heavy (non-hydrogen) atoms. The maximum Gasteiger partial charge on any atom is 0.142 e. The number of hydrogen-bond acceptors (Lipinski definition) is 6. The van der Waals surface area contributed by atoms with Crippen LogP contribution in [0, 0.1) is 71.0 Å². The van der Waals surface area contributed by atoms with Crippen molar-refractivity contribution < 1.29 is 19.7 Å². The van der Waals surface area contributed by atoms with Gasteiger partial charge in [-0.25, -0.2) is 0 Å². The van der Waals surface area contributed by atoms with E-state index in [1.807, 2.05) is 12.1 Å². The standard InChI is InChI=1S/C62H74N2O4/c63-51-17-49(61-27-39-7-40(28-61)9-41(8-39)29-61)57(19-53(51)65)67-55-15-46-16-56(68-58-20-54(66)52(64)18-50(58)62-30-42-10-43(31-62)12-44(11-42)32-62)48(60-24-36-4-37(25-60)6-38(5-36)26-60)14-45(46)13-47(55)59-21-33-1-34(22-59)3-35(2-33)23-59/h13-20,33-44,65-66H,1-12,21-32,63-64H2. The third-order valence-corrected chi connectivity index (χ3v) is 23.2. The molecule has 0 aliphatic heterocycles. The van der Waals surface area contributed by atoms with E-state index < -0.39 is 0 Å². The van der Waals surface area contributed by atoms with Crippen LogP contribution in [0.5, 0.6) is 34.5 Å². The molecule has 0 unspecified atom stereocenters. The molecular formula is C62H74N2O4. The summed E-state index contributed by atoms with van der Waals surface area (Å²) < 4.78 is 15.3. The van der Waals surface area contributed by atoms with Crippen LogP contribution in [0.15, 0.2) is 48.5 Å². The first-order chi connectivity index (χ1) is 32.9. The molecule has 4 aromatic carbocycles. The summed E-state index contributed by atoms with van der Waals surface area (Å²) in [4.78, 5) is 0. The Hall–Kier alpha value is -4.06. The lowest BCUT2D eigenvalue weighted by atomic mass is 9.47. The molecule has 0 spiro atoms. The van der Waals surface area contributed by atoms with Crippen molar-refractivity contribution in [1.82, 2.24) is 0 Å². The minimum atomic E-state index is 0.0520. The van der Waals surface area contributed by atoms with Gasteiger partial charge in [0, 0.05) is 34.4 Å². The fraction of sp³-hybridized carbons (Fsp3) is 0.645. The van der Waals surface area contributed by atoms with E-state index in [-0.39, 0.29) is 33.2 Å². The Bertz CT molecular complexity index is 2480. The van der Waals surface area contributed by atoms with Crippen molar-refractivity contribution in [1.29, 1.82) is 0 Å². The Morgan fingerprint density at radius 3 is 0.765 bits per heavy atom. The molecule has 4 aromatic rings. The summed E-state index contributed by atoms with van der Waals surface area (Å²) in [7, 11) is 0. The first kappa shape index (κ1) is 40.6. The first-order valence-electron chi connectivity index (χ1n) is 28.1. The molecule has 16 fully saturated rings. The highest BCUT2D eigenvalue weighted by Crippen LogP contribution is 2.68. The number of nitrogen functional groups attached to an aromatic ring is 2. The number of aromatic hydroxyl groups is 2. The Morgan fingerprint density at radius 1 is 0.309 bits per heavy atom. The molecule has 0 amide bonds. The van der Waals surface area contributed by atoms with E-state index in [0.717, 1.165) is 99.4 Å². The number of phenolic OH excluding ortho intramolecular Hbond substituents is 2. The number of phenols is 2.